The Morgan fingerprint density at radius 2 is 1.67 bits per heavy atom. The van der Waals surface area contributed by atoms with E-state index in [0.717, 1.165) is 27.9 Å². The van der Waals surface area contributed by atoms with Gasteiger partial charge in [0.15, 0.2) is 0 Å². The minimum absolute atomic E-state index is 0.426. The van der Waals surface area contributed by atoms with Crippen LogP contribution in [0.4, 0.5) is 11.5 Å². The predicted octanol–water partition coefficient (Wildman–Crippen LogP) is 4.01. The molecule has 3 N–H and O–H groups in total. The van der Waals surface area contributed by atoms with Crippen LogP contribution in [-0.4, -0.2) is 4.98 Å². The van der Waals surface area contributed by atoms with E-state index >= 15 is 0 Å². The SMILES string of the molecule is N#CCc1cccc(-c2cccc(CNc3cccnc3N)c2)c1. The van der Waals surface area contributed by atoms with E-state index in [1.165, 1.54) is 0 Å². The Bertz CT molecular complexity index is 881. The molecule has 4 heteroatoms. The van der Waals surface area contributed by atoms with Gasteiger partial charge in [0.1, 0.15) is 5.82 Å². The Hall–Kier alpha value is -3.32. The van der Waals surface area contributed by atoms with Crippen LogP contribution in [0.3, 0.4) is 0 Å². The van der Waals surface area contributed by atoms with Gasteiger partial charge in [0.05, 0.1) is 18.2 Å². The summed E-state index contributed by atoms with van der Waals surface area (Å²) in [6.45, 7) is 0.668. The predicted molar refractivity (Wildman–Crippen MR) is 97.2 cm³/mol. The summed E-state index contributed by atoms with van der Waals surface area (Å²) in [7, 11) is 0. The lowest BCUT2D eigenvalue weighted by Gasteiger charge is -2.10. The van der Waals surface area contributed by atoms with Crippen LogP contribution >= 0.6 is 0 Å². The van der Waals surface area contributed by atoms with Crippen molar-refractivity contribution in [1.82, 2.24) is 4.98 Å². The Kier molecular flexibility index (Phi) is 4.73. The molecule has 118 valence electrons. The van der Waals surface area contributed by atoms with Gasteiger partial charge in [-0.05, 0) is 40.5 Å². The van der Waals surface area contributed by atoms with Crippen molar-refractivity contribution in [2.24, 2.45) is 0 Å². The number of nitrogens with one attached hydrogen (secondary N) is 1. The van der Waals surface area contributed by atoms with E-state index in [4.69, 9.17) is 11.0 Å². The van der Waals surface area contributed by atoms with Crippen LogP contribution in [0.25, 0.3) is 11.1 Å². The van der Waals surface area contributed by atoms with E-state index < -0.39 is 0 Å². The van der Waals surface area contributed by atoms with Crippen LogP contribution in [0.5, 0.6) is 0 Å². The quantitative estimate of drug-likeness (QED) is 0.746. The maximum atomic E-state index is 8.85. The second-order valence-corrected chi connectivity index (χ2v) is 5.53. The molecule has 0 saturated heterocycles. The first kappa shape index (κ1) is 15.6. The highest BCUT2D eigenvalue weighted by atomic mass is 14.9. The highest BCUT2D eigenvalue weighted by molar-refractivity contribution is 5.66. The summed E-state index contributed by atoms with van der Waals surface area (Å²) < 4.78 is 0. The second-order valence-electron chi connectivity index (χ2n) is 5.53. The van der Waals surface area contributed by atoms with Crippen LogP contribution in [0.15, 0.2) is 66.9 Å². The van der Waals surface area contributed by atoms with Gasteiger partial charge in [-0.1, -0.05) is 42.5 Å². The highest BCUT2D eigenvalue weighted by Gasteiger charge is 2.03. The fourth-order valence-corrected chi connectivity index (χ4v) is 2.58. The number of aromatic nitrogens is 1. The molecule has 1 heterocycles. The Morgan fingerprint density at radius 3 is 2.38 bits per heavy atom. The van der Waals surface area contributed by atoms with Crippen LogP contribution < -0.4 is 11.1 Å². The van der Waals surface area contributed by atoms with Crippen molar-refractivity contribution in [3.63, 3.8) is 0 Å². The molecule has 0 radical (unpaired) electrons. The molecule has 0 saturated carbocycles. The van der Waals surface area contributed by atoms with Crippen molar-refractivity contribution in [2.45, 2.75) is 13.0 Å². The van der Waals surface area contributed by atoms with E-state index in [-0.39, 0.29) is 0 Å². The average Bonchev–Trinajstić information content (AvgIpc) is 2.62. The molecule has 3 rings (SSSR count). The summed E-state index contributed by atoms with van der Waals surface area (Å²) in [5.41, 5.74) is 11.1. The molecule has 0 unspecified atom stereocenters. The van der Waals surface area contributed by atoms with Crippen LogP contribution in [0.1, 0.15) is 11.1 Å². The van der Waals surface area contributed by atoms with E-state index in [9.17, 15) is 0 Å². The lowest BCUT2D eigenvalue weighted by atomic mass is 10.0. The number of nitrogen functional groups attached to an aromatic ring is 1. The summed E-state index contributed by atoms with van der Waals surface area (Å²) in [5, 5.41) is 12.2. The third-order valence-corrected chi connectivity index (χ3v) is 3.79. The van der Waals surface area contributed by atoms with Gasteiger partial charge in [-0.3, -0.25) is 0 Å². The number of nitriles is 1. The fraction of sp³-hybridized carbons (Fsp3) is 0.100. The molecule has 3 aromatic rings. The summed E-state index contributed by atoms with van der Waals surface area (Å²) >= 11 is 0. The largest absolute Gasteiger partial charge is 0.382 e. The monoisotopic (exact) mass is 314 g/mol. The Labute approximate surface area is 141 Å². The first-order chi connectivity index (χ1) is 11.8. The third-order valence-electron chi connectivity index (χ3n) is 3.79. The van der Waals surface area contributed by atoms with Gasteiger partial charge in [-0.25, -0.2) is 4.98 Å². The number of nitrogens with zero attached hydrogens (tertiary/aromatic N) is 2. The Morgan fingerprint density at radius 1 is 0.958 bits per heavy atom. The first-order valence-electron chi connectivity index (χ1n) is 7.76. The number of hydrogen-bond donors (Lipinski definition) is 2. The number of benzene rings is 2. The molecule has 0 atom stereocenters. The molecular formula is C20H18N4. The number of hydrogen-bond acceptors (Lipinski definition) is 4. The minimum atomic E-state index is 0.426. The molecule has 0 fully saturated rings. The van der Waals surface area contributed by atoms with Crippen LogP contribution in [0, 0.1) is 11.3 Å². The number of rotatable bonds is 5. The lowest BCUT2D eigenvalue weighted by Crippen LogP contribution is -2.03. The number of anilines is 2. The zero-order valence-electron chi connectivity index (χ0n) is 13.2. The molecule has 0 aliphatic heterocycles. The number of nitrogens with two attached hydrogens (primary N) is 1. The van der Waals surface area contributed by atoms with Crippen molar-refractivity contribution >= 4 is 11.5 Å². The molecule has 0 aliphatic carbocycles. The zero-order valence-corrected chi connectivity index (χ0v) is 13.2. The highest BCUT2D eigenvalue weighted by Crippen LogP contribution is 2.23. The maximum absolute atomic E-state index is 8.85. The summed E-state index contributed by atoms with van der Waals surface area (Å²) in [5.74, 6) is 0.498. The third kappa shape index (κ3) is 3.71. The van der Waals surface area contributed by atoms with E-state index in [0.29, 0.717) is 18.8 Å². The van der Waals surface area contributed by atoms with Crippen LogP contribution in [0.2, 0.25) is 0 Å². The van der Waals surface area contributed by atoms with E-state index in [2.05, 4.69) is 46.7 Å². The topological polar surface area (TPSA) is 74.7 Å². The van der Waals surface area contributed by atoms with Gasteiger partial charge in [0.25, 0.3) is 0 Å². The van der Waals surface area contributed by atoms with Gasteiger partial charge in [-0.2, -0.15) is 5.26 Å². The lowest BCUT2D eigenvalue weighted by molar-refractivity contribution is 1.14. The van der Waals surface area contributed by atoms with Crippen molar-refractivity contribution in [2.75, 3.05) is 11.1 Å². The molecule has 24 heavy (non-hydrogen) atoms. The van der Waals surface area contributed by atoms with Crippen molar-refractivity contribution < 1.29 is 0 Å². The van der Waals surface area contributed by atoms with Gasteiger partial charge in [0, 0.05) is 12.7 Å². The molecule has 1 aromatic heterocycles. The second kappa shape index (κ2) is 7.30. The number of pyridine rings is 1. The summed E-state index contributed by atoms with van der Waals surface area (Å²) in [6.07, 6.45) is 2.10. The smallest absolute Gasteiger partial charge is 0.146 e. The van der Waals surface area contributed by atoms with E-state index in [1.54, 1.807) is 6.20 Å². The average molecular weight is 314 g/mol. The molecule has 0 aliphatic rings. The fourth-order valence-electron chi connectivity index (χ4n) is 2.58. The maximum Gasteiger partial charge on any atom is 0.146 e. The van der Waals surface area contributed by atoms with Gasteiger partial charge < -0.3 is 11.1 Å². The van der Waals surface area contributed by atoms with Gasteiger partial charge >= 0.3 is 0 Å². The zero-order chi connectivity index (χ0) is 16.8. The van der Waals surface area contributed by atoms with Crippen molar-refractivity contribution in [3.05, 3.63) is 78.0 Å². The van der Waals surface area contributed by atoms with Crippen molar-refractivity contribution in [1.29, 1.82) is 5.26 Å². The molecule has 4 nitrogen and oxygen atoms in total. The van der Waals surface area contributed by atoms with E-state index in [1.807, 2.05) is 30.3 Å². The molecule has 0 bridgehead atoms. The van der Waals surface area contributed by atoms with Gasteiger partial charge in [-0.15, -0.1) is 0 Å². The normalized spacial score (nSPS) is 10.1. The minimum Gasteiger partial charge on any atom is -0.382 e. The van der Waals surface area contributed by atoms with Crippen LogP contribution in [-0.2, 0) is 13.0 Å². The molecule has 0 spiro atoms. The summed E-state index contributed by atoms with van der Waals surface area (Å²) in [4.78, 5) is 4.07. The Balaban J connectivity index is 1.78. The molecule has 2 aromatic carbocycles. The standard InChI is InChI=1S/C20H18N4/c21-10-9-15-4-1-6-17(12-15)18-7-2-5-16(13-18)14-24-19-8-3-11-23-20(19)22/h1-8,11-13,24H,9,14H2,(H2,22,23). The molecule has 0 amide bonds. The molecular weight excluding hydrogens is 296 g/mol. The first-order valence-corrected chi connectivity index (χ1v) is 7.76. The van der Waals surface area contributed by atoms with Gasteiger partial charge in [0.2, 0.25) is 0 Å². The summed E-state index contributed by atoms with van der Waals surface area (Å²) in [6, 6.07) is 22.4. The van der Waals surface area contributed by atoms with Crippen molar-refractivity contribution in [3.8, 4) is 17.2 Å².